The number of fused-ring (bicyclic) bond motifs is 1. The third-order valence-electron chi connectivity index (χ3n) is 4.24. The minimum absolute atomic E-state index is 0.179. The lowest BCUT2D eigenvalue weighted by atomic mass is 10.0. The van der Waals surface area contributed by atoms with Gasteiger partial charge in [0.1, 0.15) is 0 Å². The number of hydrogen-bond donors (Lipinski definition) is 1. The van der Waals surface area contributed by atoms with Crippen LogP contribution in [0.4, 0.5) is 0 Å². The minimum atomic E-state index is -1.06. The summed E-state index contributed by atoms with van der Waals surface area (Å²) in [7, 11) is 1.55. The van der Waals surface area contributed by atoms with E-state index in [1.807, 2.05) is 0 Å². The number of carbonyl (C=O) groups is 2. The Bertz CT molecular complexity index is 816. The normalized spacial score (nSPS) is 21.1. The van der Waals surface area contributed by atoms with E-state index in [-0.39, 0.29) is 18.4 Å². The summed E-state index contributed by atoms with van der Waals surface area (Å²) in [5, 5.41) is 7.09. The van der Waals surface area contributed by atoms with E-state index in [0.29, 0.717) is 41.2 Å². The Balaban J connectivity index is 1.97. The molecule has 3 heterocycles. The number of aryl methyl sites for hydroxylation is 2. The van der Waals surface area contributed by atoms with Crippen molar-refractivity contribution in [2.75, 3.05) is 26.7 Å². The molecule has 0 aromatic carbocycles. The fourth-order valence-corrected chi connectivity index (χ4v) is 3.00. The molecule has 8 heteroatoms. The van der Waals surface area contributed by atoms with Crippen molar-refractivity contribution in [3.05, 3.63) is 23.0 Å². The third kappa shape index (κ3) is 2.62. The number of rotatable bonds is 2. The molecule has 1 N–H and O–H groups in total. The van der Waals surface area contributed by atoms with Gasteiger partial charge >= 0.3 is 0 Å². The second-order valence-corrected chi connectivity index (χ2v) is 6.14. The second kappa shape index (κ2) is 5.86. The van der Waals surface area contributed by atoms with Crippen molar-refractivity contribution >= 4 is 22.9 Å². The summed E-state index contributed by atoms with van der Waals surface area (Å²) in [5.41, 5.74) is 1.05. The van der Waals surface area contributed by atoms with Crippen LogP contribution in [0.5, 0.6) is 0 Å². The Morgan fingerprint density at radius 3 is 2.83 bits per heavy atom. The van der Waals surface area contributed by atoms with Gasteiger partial charge in [-0.1, -0.05) is 5.16 Å². The lowest BCUT2D eigenvalue weighted by molar-refractivity contribution is -0.153. The Kier molecular flexibility index (Phi) is 4.00. The maximum absolute atomic E-state index is 13.1. The van der Waals surface area contributed by atoms with Gasteiger partial charge in [0.05, 0.1) is 29.8 Å². The van der Waals surface area contributed by atoms with Gasteiger partial charge in [0.2, 0.25) is 0 Å². The van der Waals surface area contributed by atoms with E-state index in [1.54, 1.807) is 38.8 Å². The predicted molar refractivity (Wildman–Crippen MR) is 85.6 cm³/mol. The molecule has 1 aliphatic rings. The van der Waals surface area contributed by atoms with Crippen molar-refractivity contribution in [2.24, 2.45) is 0 Å². The number of nitrogens with zero attached hydrogens (tertiary/aromatic N) is 3. The fourth-order valence-electron chi connectivity index (χ4n) is 3.00. The summed E-state index contributed by atoms with van der Waals surface area (Å²) < 4.78 is 10.8. The van der Waals surface area contributed by atoms with E-state index in [0.717, 1.165) is 0 Å². The van der Waals surface area contributed by atoms with Crippen LogP contribution in [0.25, 0.3) is 11.1 Å². The molecule has 1 unspecified atom stereocenters. The number of likely N-dealkylation sites (N-methyl/N-ethyl adjacent to an activating group) is 1. The number of amides is 2. The maximum Gasteiger partial charge on any atom is 0.258 e. The van der Waals surface area contributed by atoms with Gasteiger partial charge in [-0.15, -0.1) is 0 Å². The zero-order chi connectivity index (χ0) is 17.5. The van der Waals surface area contributed by atoms with Gasteiger partial charge in [0, 0.05) is 19.3 Å². The molecule has 1 aliphatic heterocycles. The summed E-state index contributed by atoms with van der Waals surface area (Å²) in [6, 6.07) is 1.72. The van der Waals surface area contributed by atoms with Crippen molar-refractivity contribution in [3.8, 4) is 0 Å². The molecule has 1 atom stereocenters. The summed E-state index contributed by atoms with van der Waals surface area (Å²) in [6.45, 7) is 6.14. The molecule has 0 bridgehead atoms. The number of nitrogens with one attached hydrogen (secondary N) is 1. The Hall–Kier alpha value is -2.48. The number of carbonyl (C=O) groups excluding carboxylic acids is 2. The van der Waals surface area contributed by atoms with E-state index in [9.17, 15) is 9.59 Å². The first-order chi connectivity index (χ1) is 11.4. The number of ether oxygens (including phenoxy) is 1. The molecule has 8 nitrogen and oxygen atoms in total. The molecule has 0 aliphatic carbocycles. The quantitative estimate of drug-likeness (QED) is 0.874. The summed E-state index contributed by atoms with van der Waals surface area (Å²) >= 11 is 0. The summed E-state index contributed by atoms with van der Waals surface area (Å²) in [6.07, 6.45) is 0. The summed E-state index contributed by atoms with van der Waals surface area (Å²) in [4.78, 5) is 31.0. The zero-order valence-corrected chi connectivity index (χ0v) is 14.2. The van der Waals surface area contributed by atoms with Crippen LogP contribution in [0.1, 0.15) is 28.7 Å². The fraction of sp³-hybridized carbons (Fsp3) is 0.500. The van der Waals surface area contributed by atoms with E-state index >= 15 is 0 Å². The largest absolute Gasteiger partial charge is 0.362 e. The van der Waals surface area contributed by atoms with Crippen LogP contribution in [0.15, 0.2) is 10.6 Å². The molecule has 0 radical (unpaired) electrons. The van der Waals surface area contributed by atoms with Crippen molar-refractivity contribution in [1.29, 1.82) is 0 Å². The van der Waals surface area contributed by atoms with Crippen LogP contribution in [0, 0.1) is 13.8 Å². The molecule has 128 valence electrons. The lowest BCUT2D eigenvalue weighted by Gasteiger charge is -2.39. The summed E-state index contributed by atoms with van der Waals surface area (Å²) in [5.74, 6) is -0.438. The first-order valence-corrected chi connectivity index (χ1v) is 7.75. The smallest absolute Gasteiger partial charge is 0.258 e. The molecular weight excluding hydrogens is 312 g/mol. The standard InChI is InChI=1S/C16H20N4O4/c1-9-7-11(12-10(2)19-24-13(12)18-9)14(21)20-5-6-23-16(3,8-20)15(22)17-4/h7H,5-6,8H2,1-4H3,(H,17,22). The molecular formula is C16H20N4O4. The molecule has 2 aromatic heterocycles. The zero-order valence-electron chi connectivity index (χ0n) is 14.2. The van der Waals surface area contributed by atoms with Gasteiger partial charge in [-0.2, -0.15) is 0 Å². The lowest BCUT2D eigenvalue weighted by Crippen LogP contribution is -2.58. The van der Waals surface area contributed by atoms with Crippen LogP contribution in [-0.2, 0) is 9.53 Å². The van der Waals surface area contributed by atoms with Crippen molar-refractivity contribution in [1.82, 2.24) is 20.4 Å². The Morgan fingerprint density at radius 1 is 1.38 bits per heavy atom. The maximum atomic E-state index is 13.1. The molecule has 0 saturated carbocycles. The minimum Gasteiger partial charge on any atom is -0.362 e. The number of aromatic nitrogens is 2. The number of hydrogen-bond acceptors (Lipinski definition) is 6. The second-order valence-electron chi connectivity index (χ2n) is 6.14. The molecule has 3 rings (SSSR count). The first kappa shape index (κ1) is 16.4. The van der Waals surface area contributed by atoms with E-state index in [2.05, 4.69) is 15.5 Å². The third-order valence-corrected chi connectivity index (χ3v) is 4.24. The van der Waals surface area contributed by atoms with Crippen molar-refractivity contribution in [2.45, 2.75) is 26.4 Å². The molecule has 24 heavy (non-hydrogen) atoms. The molecule has 2 amide bonds. The highest BCUT2D eigenvalue weighted by Gasteiger charge is 2.40. The average Bonchev–Trinajstić information content (AvgIpc) is 2.93. The first-order valence-electron chi connectivity index (χ1n) is 7.75. The molecule has 2 aromatic rings. The van der Waals surface area contributed by atoms with Crippen molar-refractivity contribution in [3.63, 3.8) is 0 Å². The van der Waals surface area contributed by atoms with Gasteiger partial charge < -0.3 is 19.5 Å². The molecule has 1 fully saturated rings. The molecule has 0 spiro atoms. The van der Waals surface area contributed by atoms with Gasteiger partial charge in [0.15, 0.2) is 5.60 Å². The predicted octanol–water partition coefficient (Wildman–Crippen LogP) is 0.817. The number of pyridine rings is 1. The SMILES string of the molecule is CNC(=O)C1(C)CN(C(=O)c2cc(C)nc3onc(C)c23)CCO1. The van der Waals surface area contributed by atoms with Crippen LogP contribution in [0.2, 0.25) is 0 Å². The highest BCUT2D eigenvalue weighted by Crippen LogP contribution is 2.25. The van der Waals surface area contributed by atoms with Gasteiger partial charge in [-0.25, -0.2) is 4.98 Å². The van der Waals surface area contributed by atoms with Gasteiger partial charge in [0.25, 0.3) is 17.5 Å². The van der Waals surface area contributed by atoms with Crippen molar-refractivity contribution < 1.29 is 18.8 Å². The monoisotopic (exact) mass is 332 g/mol. The Labute approximate surface area is 139 Å². The highest BCUT2D eigenvalue weighted by atomic mass is 16.5. The number of morpholine rings is 1. The van der Waals surface area contributed by atoms with Gasteiger partial charge in [-0.05, 0) is 26.8 Å². The Morgan fingerprint density at radius 2 is 2.12 bits per heavy atom. The van der Waals surface area contributed by atoms with E-state index < -0.39 is 5.60 Å². The van der Waals surface area contributed by atoms with Crippen LogP contribution in [-0.4, -0.2) is 59.2 Å². The van der Waals surface area contributed by atoms with Crippen LogP contribution < -0.4 is 5.32 Å². The van der Waals surface area contributed by atoms with Crippen LogP contribution >= 0.6 is 0 Å². The highest BCUT2D eigenvalue weighted by molar-refractivity contribution is 6.06. The van der Waals surface area contributed by atoms with E-state index in [4.69, 9.17) is 9.26 Å². The van der Waals surface area contributed by atoms with Gasteiger partial charge in [-0.3, -0.25) is 9.59 Å². The topological polar surface area (TPSA) is 97.6 Å². The van der Waals surface area contributed by atoms with E-state index in [1.165, 1.54) is 0 Å². The average molecular weight is 332 g/mol. The molecule has 1 saturated heterocycles. The van der Waals surface area contributed by atoms with Crippen LogP contribution in [0.3, 0.4) is 0 Å².